The number of hydrogen-bond acceptors (Lipinski definition) is 17. The second-order valence-electron chi connectivity index (χ2n) is 30.2. The zero-order chi connectivity index (χ0) is 92.4. The molecular weight excluding hydrogens is 1650 g/mol. The molecule has 0 aliphatic rings. The van der Waals surface area contributed by atoms with Gasteiger partial charge in [-0.25, -0.2) is 0 Å². The van der Waals surface area contributed by atoms with E-state index >= 15 is 0 Å². The van der Waals surface area contributed by atoms with Crippen LogP contribution >= 0.6 is 0 Å². The van der Waals surface area contributed by atoms with E-state index in [0.29, 0.717) is 53.5 Å². The maximum Gasteiger partial charge on any atom is 0.261 e. The summed E-state index contributed by atoms with van der Waals surface area (Å²) in [6.07, 6.45) is 25.9. The topological polar surface area (TPSA) is 401 Å². The lowest BCUT2D eigenvalue weighted by molar-refractivity contribution is 0.0924. The number of pyridine rings is 10. The molecule has 16 rings (SSSR count). The van der Waals surface area contributed by atoms with E-state index < -0.39 is 40.0 Å². The Hall–Kier alpha value is -17.4. The van der Waals surface area contributed by atoms with Crippen molar-refractivity contribution in [2.75, 3.05) is 30.8 Å². The molecule has 0 saturated heterocycles. The minimum absolute atomic E-state index is 0.00137. The summed E-state index contributed by atoms with van der Waals surface area (Å²) in [6, 6.07) is 76.9. The van der Waals surface area contributed by atoms with Gasteiger partial charge in [0.05, 0.1) is 7.11 Å². The number of methoxy groups -OCH3 is 1. The molecular formula is C104H93N15O12. The molecule has 27 heteroatoms. The highest BCUT2D eigenvalue weighted by Crippen LogP contribution is 2.26. The standard InChI is InChI=1S/C24H17N3O3.C24H19N3O2.C20H19N3O3.C20H19N3O2.C16H19N3O2/c28-22(17-5-2-1-3-6-17)18-7-4-8-20(13-18)27-24(30)21-14-19(15-26-23(21)29)16-9-11-25-12-10-16;28-23-22(15-20(16-26-23)19-9-11-25-12-10-19)24(29)27-21-8-4-7-18(14-21)13-17-5-2-1-3-6-17;1-26-18-5-3-2-4-15(18)8-11-22-19(24)17-12-16(13-23-20(17)25)14-6-9-21-10-7-14;1-14(15-5-3-2-4-6-15)12-22-19(24)18-11-17(13-23-20(18)25)16-7-9-21-10-8-16;1-10(2)11(3)19-16(21)14-8-13(9-18-15(14)20)12-4-6-17-7-5-12/h1-15H,(H,26,29)(H,27,30);1-12,14-16H,13H2,(H,26,28)(H,27,29);2-7,9-10,12-13H,8,11H2,1H3,(H,22,24)(H,23,25);2-11,13-14H,12H2,1H3,(H,22,24)(H,23,25);4-11H,1-3H3,(H,18,20)(H,19,21). The van der Waals surface area contributed by atoms with Crippen LogP contribution in [0.1, 0.15) is 124 Å². The SMILES string of the molecule is CC(C)C(C)NC(=O)c1cc(-c2ccncc2)c[nH]c1=O.CC(CNC(=O)c1cc(-c2ccncc2)c[nH]c1=O)c1ccccc1.COc1ccccc1CCNC(=O)c1cc(-c2ccncc2)c[nH]c1=O.O=C(Nc1cccc(Cc2ccccc2)c1)c1cc(-c2ccncc2)c[nH]c1=O.O=C(c1ccccc1)c1cccc(NC(=O)c2cc(-c3ccncc3)c[nH]c2=O)c1. The minimum atomic E-state index is -0.559. The Labute approximate surface area is 753 Å². The molecule has 0 bridgehead atoms. The van der Waals surface area contributed by atoms with Crippen molar-refractivity contribution >= 4 is 46.7 Å². The number of H-pyrrole nitrogens is 5. The van der Waals surface area contributed by atoms with Gasteiger partial charge in [0.1, 0.15) is 33.6 Å². The second-order valence-corrected chi connectivity index (χ2v) is 30.2. The first-order valence-electron chi connectivity index (χ1n) is 41.8. The van der Waals surface area contributed by atoms with E-state index in [0.717, 1.165) is 78.9 Å². The molecule has 0 aliphatic heterocycles. The lowest BCUT2D eigenvalue weighted by atomic mass is 10.0. The molecule has 131 heavy (non-hydrogen) atoms. The van der Waals surface area contributed by atoms with E-state index in [9.17, 15) is 52.7 Å². The highest BCUT2D eigenvalue weighted by molar-refractivity contribution is 6.11. The predicted molar refractivity (Wildman–Crippen MR) is 507 cm³/mol. The lowest BCUT2D eigenvalue weighted by Crippen LogP contribution is -2.38. The van der Waals surface area contributed by atoms with E-state index in [1.54, 1.807) is 185 Å². The number of nitrogens with one attached hydrogen (secondary N) is 10. The highest BCUT2D eigenvalue weighted by Gasteiger charge is 2.21. The third-order valence-electron chi connectivity index (χ3n) is 20.8. The fourth-order valence-corrected chi connectivity index (χ4v) is 13.3. The fourth-order valence-electron chi connectivity index (χ4n) is 13.3. The van der Waals surface area contributed by atoms with Gasteiger partial charge in [-0.15, -0.1) is 0 Å². The normalized spacial score (nSPS) is 10.9. The fraction of sp³-hybridized carbons (Fsp3) is 0.115. The first-order valence-corrected chi connectivity index (χ1v) is 41.8. The number of aromatic nitrogens is 10. The van der Waals surface area contributed by atoms with E-state index in [1.165, 1.54) is 11.6 Å². The van der Waals surface area contributed by atoms with Gasteiger partial charge in [0, 0.05) is 135 Å². The molecule has 0 fully saturated rings. The zero-order valence-electron chi connectivity index (χ0n) is 72.1. The molecule has 656 valence electrons. The Morgan fingerprint density at radius 3 is 1.09 bits per heavy atom. The van der Waals surface area contributed by atoms with Crippen LogP contribution in [-0.4, -0.2) is 111 Å². The van der Waals surface area contributed by atoms with Crippen LogP contribution in [0.15, 0.2) is 372 Å². The molecule has 16 aromatic rings. The van der Waals surface area contributed by atoms with Crippen molar-refractivity contribution < 1.29 is 33.5 Å². The van der Waals surface area contributed by atoms with Crippen molar-refractivity contribution in [2.45, 2.75) is 52.5 Å². The number of para-hydroxylation sites is 1. The van der Waals surface area contributed by atoms with Gasteiger partial charge in [-0.3, -0.25) is 77.7 Å². The largest absolute Gasteiger partial charge is 0.496 e. The molecule has 2 atom stereocenters. The Kier molecular flexibility index (Phi) is 33.0. The average molecular weight is 1740 g/mol. The van der Waals surface area contributed by atoms with Crippen LogP contribution in [0, 0.1) is 5.92 Å². The number of ether oxygens (including phenoxy) is 1. The smallest absolute Gasteiger partial charge is 0.261 e. The Morgan fingerprint density at radius 2 is 0.679 bits per heavy atom. The van der Waals surface area contributed by atoms with Gasteiger partial charge in [0.25, 0.3) is 57.3 Å². The van der Waals surface area contributed by atoms with E-state index in [1.807, 2.05) is 179 Å². The summed E-state index contributed by atoms with van der Waals surface area (Å²) in [5, 5.41) is 14.0. The molecule has 0 spiro atoms. The third-order valence-corrected chi connectivity index (χ3v) is 20.8. The van der Waals surface area contributed by atoms with E-state index in [2.05, 4.69) is 88.6 Å². The summed E-state index contributed by atoms with van der Waals surface area (Å²) in [5.74, 6) is -1.05. The van der Waals surface area contributed by atoms with Crippen LogP contribution in [0.3, 0.4) is 0 Å². The minimum Gasteiger partial charge on any atom is -0.496 e. The van der Waals surface area contributed by atoms with Gasteiger partial charge < -0.3 is 56.2 Å². The number of hydrogen-bond donors (Lipinski definition) is 10. The van der Waals surface area contributed by atoms with Gasteiger partial charge in [-0.1, -0.05) is 154 Å². The van der Waals surface area contributed by atoms with Crippen LogP contribution in [0.5, 0.6) is 5.75 Å². The summed E-state index contributed by atoms with van der Waals surface area (Å²) >= 11 is 0. The summed E-state index contributed by atoms with van der Waals surface area (Å²) < 4.78 is 5.30. The first-order chi connectivity index (χ1) is 63.6. The van der Waals surface area contributed by atoms with Crippen molar-refractivity contribution in [2.24, 2.45) is 5.92 Å². The van der Waals surface area contributed by atoms with Crippen LogP contribution in [0.25, 0.3) is 55.6 Å². The number of carbonyl (C=O) groups excluding carboxylic acids is 6. The first kappa shape index (κ1) is 92.8. The number of aromatic amines is 5. The average Bonchev–Trinajstić information content (AvgIpc) is 0.821. The molecule has 0 aliphatic carbocycles. The number of rotatable bonds is 25. The molecule has 5 amide bonds. The lowest BCUT2D eigenvalue weighted by Gasteiger charge is -2.17. The Morgan fingerprint density at radius 1 is 0.336 bits per heavy atom. The molecule has 0 saturated carbocycles. The molecule has 10 N–H and O–H groups in total. The van der Waals surface area contributed by atoms with Crippen molar-refractivity contribution in [1.82, 2.24) is 65.8 Å². The Bertz CT molecular complexity index is 6890. The zero-order valence-corrected chi connectivity index (χ0v) is 72.1. The number of anilines is 2. The van der Waals surface area contributed by atoms with Gasteiger partial charge >= 0.3 is 0 Å². The quantitative estimate of drug-likeness (QED) is 0.0238. The predicted octanol–water partition coefficient (Wildman–Crippen LogP) is 15.8. The third kappa shape index (κ3) is 26.6. The molecule has 6 aromatic carbocycles. The number of carbonyl (C=O) groups is 6. The monoisotopic (exact) mass is 1740 g/mol. The maximum absolute atomic E-state index is 12.7. The van der Waals surface area contributed by atoms with Crippen LogP contribution in [0.2, 0.25) is 0 Å². The van der Waals surface area contributed by atoms with Gasteiger partial charge in [-0.05, 0) is 231 Å². The van der Waals surface area contributed by atoms with Gasteiger partial charge in [0.15, 0.2) is 5.78 Å². The molecule has 27 nitrogen and oxygen atoms in total. The number of benzene rings is 6. The van der Waals surface area contributed by atoms with Crippen LogP contribution < -0.4 is 59.1 Å². The number of ketones is 1. The summed E-state index contributed by atoms with van der Waals surface area (Å²) in [5.41, 5.74) is 12.8. The number of amides is 5. The van der Waals surface area contributed by atoms with E-state index in [-0.39, 0.29) is 62.9 Å². The summed E-state index contributed by atoms with van der Waals surface area (Å²) in [4.78, 5) is 169. The number of nitrogens with zero attached hydrogens (tertiary/aromatic N) is 5. The molecule has 0 radical (unpaired) electrons. The van der Waals surface area contributed by atoms with Crippen LogP contribution in [-0.2, 0) is 12.8 Å². The van der Waals surface area contributed by atoms with Gasteiger partial charge in [0.2, 0.25) is 0 Å². The maximum atomic E-state index is 12.7. The second kappa shape index (κ2) is 46.6. The summed E-state index contributed by atoms with van der Waals surface area (Å²) in [6.45, 7) is 8.85. The molecule has 10 aromatic heterocycles. The Balaban J connectivity index is 0.000000149. The molecule has 10 heterocycles. The summed E-state index contributed by atoms with van der Waals surface area (Å²) in [7, 11) is 1.61. The van der Waals surface area contributed by atoms with Crippen LogP contribution in [0.4, 0.5) is 11.4 Å². The van der Waals surface area contributed by atoms with Crippen molar-refractivity contribution in [3.05, 3.63) is 461 Å². The van der Waals surface area contributed by atoms with E-state index in [4.69, 9.17) is 4.74 Å². The molecule has 2 unspecified atom stereocenters. The highest BCUT2D eigenvalue weighted by atomic mass is 16.5. The van der Waals surface area contributed by atoms with Crippen molar-refractivity contribution in [3.63, 3.8) is 0 Å². The van der Waals surface area contributed by atoms with Crippen molar-refractivity contribution in [3.8, 4) is 61.4 Å². The van der Waals surface area contributed by atoms with Crippen molar-refractivity contribution in [1.29, 1.82) is 0 Å². The van der Waals surface area contributed by atoms with Gasteiger partial charge in [-0.2, -0.15) is 0 Å².